The third-order valence-electron chi connectivity index (χ3n) is 5.36. The lowest BCUT2D eigenvalue weighted by Crippen LogP contribution is -2.45. The summed E-state index contributed by atoms with van der Waals surface area (Å²) < 4.78 is 11.3. The molecule has 0 aliphatic carbocycles. The molecule has 1 heterocycles. The molecule has 0 amide bonds. The highest BCUT2D eigenvalue weighted by molar-refractivity contribution is 5.43. The number of piperazine rings is 1. The Hall–Kier alpha value is -1.34. The summed E-state index contributed by atoms with van der Waals surface area (Å²) in [6, 6.07) is 6.50. The Morgan fingerprint density at radius 3 is 2.37 bits per heavy atom. The summed E-state index contributed by atoms with van der Waals surface area (Å²) in [6.07, 6.45) is -0.534. The minimum atomic E-state index is -0.534. The first-order chi connectivity index (χ1) is 12.9. The Morgan fingerprint density at radius 2 is 1.78 bits per heavy atom. The van der Waals surface area contributed by atoms with Crippen molar-refractivity contribution in [2.75, 3.05) is 60.0 Å². The number of hydrogen-bond acceptors (Lipinski definition) is 6. The molecule has 154 valence electrons. The molecular formula is C21H37N3O3. The summed E-state index contributed by atoms with van der Waals surface area (Å²) in [5.74, 6) is 1.41. The van der Waals surface area contributed by atoms with Gasteiger partial charge >= 0.3 is 0 Å². The van der Waals surface area contributed by atoms with Crippen LogP contribution in [0.5, 0.6) is 11.5 Å². The zero-order valence-electron chi connectivity index (χ0n) is 17.6. The lowest BCUT2D eigenvalue weighted by Gasteiger charge is -2.34. The number of nitrogens with zero attached hydrogens (tertiary/aromatic N) is 3. The van der Waals surface area contributed by atoms with Gasteiger partial charge in [-0.2, -0.15) is 0 Å². The normalized spacial score (nSPS) is 17.5. The van der Waals surface area contributed by atoms with E-state index in [0.29, 0.717) is 24.1 Å². The van der Waals surface area contributed by atoms with Crippen LogP contribution in [-0.2, 0) is 6.54 Å². The van der Waals surface area contributed by atoms with Crippen LogP contribution in [0.15, 0.2) is 18.2 Å². The molecule has 1 aromatic carbocycles. The Labute approximate surface area is 164 Å². The molecule has 1 aromatic rings. The summed E-state index contributed by atoms with van der Waals surface area (Å²) >= 11 is 0. The van der Waals surface area contributed by atoms with Crippen molar-refractivity contribution in [1.82, 2.24) is 14.7 Å². The van der Waals surface area contributed by atoms with E-state index in [1.165, 1.54) is 5.56 Å². The molecule has 0 saturated carbocycles. The summed E-state index contributed by atoms with van der Waals surface area (Å²) in [5.41, 5.74) is 1.21. The van der Waals surface area contributed by atoms with Crippen LogP contribution in [0.1, 0.15) is 26.3 Å². The molecule has 27 heavy (non-hydrogen) atoms. The van der Waals surface area contributed by atoms with Gasteiger partial charge in [-0.15, -0.1) is 0 Å². The van der Waals surface area contributed by atoms with Gasteiger partial charge in [0, 0.05) is 45.3 Å². The molecule has 0 spiro atoms. The third kappa shape index (κ3) is 6.96. The summed E-state index contributed by atoms with van der Waals surface area (Å²) in [4.78, 5) is 7.07. The maximum absolute atomic E-state index is 10.3. The maximum atomic E-state index is 10.3. The van der Waals surface area contributed by atoms with Crippen molar-refractivity contribution in [1.29, 1.82) is 0 Å². The van der Waals surface area contributed by atoms with E-state index >= 15 is 0 Å². The lowest BCUT2D eigenvalue weighted by atomic mass is 10.1. The second-order valence-electron chi connectivity index (χ2n) is 7.69. The topological polar surface area (TPSA) is 48.4 Å². The lowest BCUT2D eigenvalue weighted by molar-refractivity contribution is 0.0667. The highest BCUT2D eigenvalue weighted by Crippen LogP contribution is 2.29. The number of benzene rings is 1. The van der Waals surface area contributed by atoms with Crippen molar-refractivity contribution in [3.63, 3.8) is 0 Å². The fourth-order valence-corrected chi connectivity index (χ4v) is 3.24. The fourth-order valence-electron chi connectivity index (χ4n) is 3.24. The van der Waals surface area contributed by atoms with Gasteiger partial charge in [-0.1, -0.05) is 13.0 Å². The molecule has 6 nitrogen and oxygen atoms in total. The second kappa shape index (κ2) is 10.9. The maximum Gasteiger partial charge on any atom is 0.161 e. The largest absolute Gasteiger partial charge is 0.493 e. The van der Waals surface area contributed by atoms with Gasteiger partial charge in [0.05, 0.1) is 7.11 Å². The number of ether oxygens (including phenoxy) is 2. The van der Waals surface area contributed by atoms with Crippen molar-refractivity contribution in [3.05, 3.63) is 23.8 Å². The smallest absolute Gasteiger partial charge is 0.161 e. The summed E-state index contributed by atoms with van der Waals surface area (Å²) in [6.45, 7) is 13.8. The molecule has 0 radical (unpaired) electrons. The van der Waals surface area contributed by atoms with E-state index in [1.807, 2.05) is 19.2 Å². The van der Waals surface area contributed by atoms with E-state index in [4.69, 9.17) is 9.47 Å². The molecule has 1 N–H and O–H groups in total. The number of hydrogen-bond donors (Lipinski definition) is 1. The molecule has 1 aliphatic rings. The first-order valence-corrected chi connectivity index (χ1v) is 10.1. The van der Waals surface area contributed by atoms with Crippen LogP contribution < -0.4 is 9.47 Å². The number of aliphatic hydroxyl groups is 1. The van der Waals surface area contributed by atoms with Crippen molar-refractivity contribution < 1.29 is 14.6 Å². The first-order valence-electron chi connectivity index (χ1n) is 10.1. The molecule has 1 fully saturated rings. The van der Waals surface area contributed by atoms with Gasteiger partial charge in [0.15, 0.2) is 11.5 Å². The van der Waals surface area contributed by atoms with Crippen molar-refractivity contribution in [2.24, 2.45) is 0 Å². The van der Waals surface area contributed by atoms with Gasteiger partial charge in [-0.25, -0.2) is 0 Å². The van der Waals surface area contributed by atoms with Crippen molar-refractivity contribution in [3.8, 4) is 11.5 Å². The Bertz CT molecular complexity index is 560. The quantitative estimate of drug-likeness (QED) is 0.670. The van der Waals surface area contributed by atoms with E-state index in [2.05, 4.69) is 41.5 Å². The summed E-state index contributed by atoms with van der Waals surface area (Å²) in [5, 5.41) is 10.3. The van der Waals surface area contributed by atoms with E-state index in [-0.39, 0.29) is 6.61 Å². The van der Waals surface area contributed by atoms with Crippen molar-refractivity contribution >= 4 is 0 Å². The standard InChI is InChI=1S/C21H37N3O3/c1-6-23-9-11-24(12-10-23)14-18-7-8-20(26-5)21(13-18)27-16-19(25)15-22(4)17(2)3/h7-8,13,17,19,25H,6,9-12,14-16H2,1-5H3/t19-/m1/s1. The molecule has 2 rings (SSSR count). The zero-order valence-corrected chi connectivity index (χ0v) is 17.6. The van der Waals surface area contributed by atoms with Crippen LogP contribution in [-0.4, -0.2) is 92.0 Å². The number of likely N-dealkylation sites (N-methyl/N-ethyl adjacent to an activating group) is 2. The Kier molecular flexibility index (Phi) is 8.83. The van der Waals surface area contributed by atoms with Gasteiger partial charge in [0.25, 0.3) is 0 Å². The summed E-state index contributed by atoms with van der Waals surface area (Å²) in [7, 11) is 3.65. The highest BCUT2D eigenvalue weighted by Gasteiger charge is 2.17. The van der Waals surface area contributed by atoms with Crippen LogP contribution in [0, 0.1) is 0 Å². The predicted octanol–water partition coefficient (Wildman–Crippen LogP) is 1.91. The average molecular weight is 380 g/mol. The van der Waals surface area contributed by atoms with Gasteiger partial charge in [0.1, 0.15) is 12.7 Å². The molecule has 0 bridgehead atoms. The van der Waals surface area contributed by atoms with E-state index in [9.17, 15) is 5.11 Å². The van der Waals surface area contributed by atoms with Gasteiger partial charge in [-0.05, 0) is 45.1 Å². The average Bonchev–Trinajstić information content (AvgIpc) is 2.67. The van der Waals surface area contributed by atoms with Gasteiger partial charge in [0.2, 0.25) is 0 Å². The number of methoxy groups -OCH3 is 1. The van der Waals surface area contributed by atoms with Crippen LogP contribution in [0.2, 0.25) is 0 Å². The van der Waals surface area contributed by atoms with Crippen LogP contribution >= 0.6 is 0 Å². The van der Waals surface area contributed by atoms with Crippen LogP contribution in [0.3, 0.4) is 0 Å². The van der Waals surface area contributed by atoms with Crippen molar-refractivity contribution in [2.45, 2.75) is 39.5 Å². The molecule has 0 unspecified atom stereocenters. The van der Waals surface area contributed by atoms with Crippen LogP contribution in [0.25, 0.3) is 0 Å². The predicted molar refractivity (Wildman–Crippen MR) is 110 cm³/mol. The van der Waals surface area contributed by atoms with E-state index in [1.54, 1.807) is 7.11 Å². The van der Waals surface area contributed by atoms with E-state index in [0.717, 1.165) is 39.3 Å². The Morgan fingerprint density at radius 1 is 1.11 bits per heavy atom. The molecule has 1 aliphatic heterocycles. The number of rotatable bonds is 10. The number of aliphatic hydroxyl groups excluding tert-OH is 1. The first kappa shape index (κ1) is 22.0. The highest BCUT2D eigenvalue weighted by atomic mass is 16.5. The van der Waals surface area contributed by atoms with Gasteiger partial charge < -0.3 is 24.4 Å². The Balaban J connectivity index is 1.92. The monoisotopic (exact) mass is 379 g/mol. The minimum absolute atomic E-state index is 0.256. The minimum Gasteiger partial charge on any atom is -0.493 e. The second-order valence-corrected chi connectivity index (χ2v) is 7.69. The molecular weight excluding hydrogens is 342 g/mol. The van der Waals surface area contributed by atoms with Crippen LogP contribution in [0.4, 0.5) is 0 Å². The fraction of sp³-hybridized carbons (Fsp3) is 0.714. The molecule has 1 atom stereocenters. The molecule has 1 saturated heterocycles. The zero-order chi connectivity index (χ0) is 19.8. The van der Waals surface area contributed by atoms with E-state index < -0.39 is 6.10 Å². The molecule has 0 aromatic heterocycles. The SMILES string of the molecule is CCN1CCN(Cc2ccc(OC)c(OC[C@H](O)CN(C)C(C)C)c2)CC1. The third-order valence-corrected chi connectivity index (χ3v) is 5.36. The van der Waals surface area contributed by atoms with Gasteiger partial charge in [-0.3, -0.25) is 4.90 Å². The molecule has 6 heteroatoms.